The van der Waals surface area contributed by atoms with E-state index in [1.807, 2.05) is 12.2 Å². The Morgan fingerprint density at radius 1 is 0.426 bits per heavy atom. The quantitative estimate of drug-likeness (QED) is 0.0197. The summed E-state index contributed by atoms with van der Waals surface area (Å²) in [6, 6.07) is 0. The van der Waals surface area contributed by atoms with Gasteiger partial charge in [-0.15, -0.1) is 0 Å². The van der Waals surface area contributed by atoms with Crippen LogP contribution in [0.15, 0.2) is 85.1 Å². The lowest BCUT2D eigenvalue weighted by Gasteiger charge is -2.21. The lowest BCUT2D eigenvalue weighted by molar-refractivity contribution is -0.161. The van der Waals surface area contributed by atoms with Crippen molar-refractivity contribution < 1.29 is 52.2 Å². The van der Waals surface area contributed by atoms with E-state index in [4.69, 9.17) is 23.3 Å². The first-order chi connectivity index (χ1) is 33.2. The molecular formula is C56H95O11P. The van der Waals surface area contributed by atoms with Gasteiger partial charge in [-0.1, -0.05) is 183 Å². The number of esters is 3. The van der Waals surface area contributed by atoms with E-state index in [1.54, 1.807) is 0 Å². The molecule has 12 heteroatoms. The van der Waals surface area contributed by atoms with Gasteiger partial charge < -0.3 is 24.2 Å². The third-order valence-electron chi connectivity index (χ3n) is 10.8. The Balaban J connectivity index is 4.84. The van der Waals surface area contributed by atoms with E-state index in [0.29, 0.717) is 19.3 Å². The molecule has 0 bridgehead atoms. The van der Waals surface area contributed by atoms with Gasteiger partial charge in [0.1, 0.15) is 12.7 Å². The summed E-state index contributed by atoms with van der Waals surface area (Å²) in [5, 5.41) is 9.77. The zero-order valence-corrected chi connectivity index (χ0v) is 43.7. The monoisotopic (exact) mass is 975 g/mol. The van der Waals surface area contributed by atoms with Gasteiger partial charge in [-0.3, -0.25) is 23.4 Å². The number of aliphatic hydroxyl groups is 1. The molecule has 0 spiro atoms. The van der Waals surface area contributed by atoms with Gasteiger partial charge in [-0.05, 0) is 96.3 Å². The van der Waals surface area contributed by atoms with Crippen LogP contribution in [0.25, 0.3) is 0 Å². The molecule has 68 heavy (non-hydrogen) atoms. The molecule has 0 heterocycles. The lowest BCUT2D eigenvalue weighted by atomic mass is 10.1. The molecule has 0 aliphatic heterocycles. The first kappa shape index (κ1) is 64.7. The summed E-state index contributed by atoms with van der Waals surface area (Å²) in [6.07, 6.45) is 55.7. The predicted octanol–water partition coefficient (Wildman–Crippen LogP) is 15.1. The summed E-state index contributed by atoms with van der Waals surface area (Å²) in [5.41, 5.74) is 0. The van der Waals surface area contributed by atoms with Gasteiger partial charge in [0, 0.05) is 19.3 Å². The first-order valence-electron chi connectivity index (χ1n) is 26.5. The molecule has 0 saturated heterocycles. The standard InChI is InChI=1S/C56H95O11P/c1-4-7-10-13-16-19-22-25-26-29-32-35-38-41-44-47-56(60)67-53(49-63-54(58)45-42-39-36-33-30-27-23-20-17-14-11-8-5-2)51-65-68(61,62)64-50-52(48-57)66-55(59)46-43-40-37-34-31-28-24-21-18-15-12-9-6-3/h8,11-12,15,17,20-21,24-27,30,36,39,52-53,57H,4-7,9-10,13-14,16,18-19,22-23,28-29,31-35,37-38,40-51H2,1-3H3,(H,61,62)/b11-8-,15-12-,20-17-,24-21-,26-25-,30-27-,39-36-. The SMILES string of the molecule is CC/C=C\C/C=C\C/C=C\C/C=C\CCC(=O)OCC(COP(=O)(O)OCC(CO)OC(=O)CCCCCCC/C=C\C/C=C\CCC)OC(=O)CCCCCCC/C=C\CCCCCCCC. The van der Waals surface area contributed by atoms with Crippen molar-refractivity contribution in [3.63, 3.8) is 0 Å². The van der Waals surface area contributed by atoms with E-state index in [2.05, 4.69) is 93.7 Å². The van der Waals surface area contributed by atoms with Gasteiger partial charge in [-0.2, -0.15) is 0 Å². The van der Waals surface area contributed by atoms with Crippen LogP contribution in [-0.4, -0.2) is 66.5 Å². The van der Waals surface area contributed by atoms with E-state index in [-0.39, 0.29) is 25.9 Å². The molecular weight excluding hydrogens is 880 g/mol. The molecule has 3 unspecified atom stereocenters. The molecule has 0 rings (SSSR count). The number of allylic oxidation sites excluding steroid dienone is 14. The molecule has 0 radical (unpaired) electrons. The van der Waals surface area contributed by atoms with Crippen LogP contribution >= 0.6 is 7.82 Å². The van der Waals surface area contributed by atoms with Crippen molar-refractivity contribution in [2.45, 2.75) is 226 Å². The zero-order chi connectivity index (χ0) is 49.9. The van der Waals surface area contributed by atoms with Crippen molar-refractivity contribution in [2.24, 2.45) is 0 Å². The van der Waals surface area contributed by atoms with Crippen LogP contribution < -0.4 is 0 Å². The predicted molar refractivity (Wildman–Crippen MR) is 279 cm³/mol. The smallest absolute Gasteiger partial charge is 0.462 e. The van der Waals surface area contributed by atoms with Gasteiger partial charge in [0.2, 0.25) is 0 Å². The maximum atomic E-state index is 12.8. The zero-order valence-electron chi connectivity index (χ0n) is 42.8. The summed E-state index contributed by atoms with van der Waals surface area (Å²) in [6.45, 7) is 4.33. The Morgan fingerprint density at radius 3 is 1.31 bits per heavy atom. The Bertz CT molecular complexity index is 1460. The molecule has 0 aromatic rings. The molecule has 0 aliphatic carbocycles. The van der Waals surface area contributed by atoms with Crippen molar-refractivity contribution in [1.29, 1.82) is 0 Å². The summed E-state index contributed by atoms with van der Waals surface area (Å²) in [4.78, 5) is 48.3. The van der Waals surface area contributed by atoms with Gasteiger partial charge in [-0.25, -0.2) is 4.57 Å². The molecule has 3 atom stereocenters. The highest BCUT2D eigenvalue weighted by atomic mass is 31.2. The molecule has 0 fully saturated rings. The highest BCUT2D eigenvalue weighted by molar-refractivity contribution is 7.47. The molecule has 0 aliphatic rings. The fourth-order valence-electron chi connectivity index (χ4n) is 6.75. The second-order valence-corrected chi connectivity index (χ2v) is 18.8. The molecule has 2 N–H and O–H groups in total. The number of carbonyl (C=O) groups is 3. The molecule has 0 aromatic heterocycles. The third-order valence-corrected chi connectivity index (χ3v) is 11.7. The van der Waals surface area contributed by atoms with E-state index >= 15 is 0 Å². The van der Waals surface area contributed by atoms with Gasteiger partial charge >= 0.3 is 25.7 Å². The summed E-state index contributed by atoms with van der Waals surface area (Å²) in [7, 11) is -4.76. The first-order valence-corrected chi connectivity index (χ1v) is 28.0. The number of hydrogen-bond acceptors (Lipinski definition) is 10. The Hall–Kier alpha value is -3.34. The van der Waals surface area contributed by atoms with E-state index in [9.17, 15) is 28.9 Å². The topological polar surface area (TPSA) is 155 Å². The van der Waals surface area contributed by atoms with Crippen molar-refractivity contribution in [3.05, 3.63) is 85.1 Å². The van der Waals surface area contributed by atoms with Crippen LogP contribution in [0.5, 0.6) is 0 Å². The Kier molecular flexibility index (Phi) is 47.6. The van der Waals surface area contributed by atoms with Crippen LogP contribution in [0, 0.1) is 0 Å². The summed E-state index contributed by atoms with van der Waals surface area (Å²) < 4.78 is 39.3. The molecule has 11 nitrogen and oxygen atoms in total. The molecule has 390 valence electrons. The molecule has 0 saturated carbocycles. The number of aliphatic hydroxyl groups excluding tert-OH is 1. The van der Waals surface area contributed by atoms with Crippen LogP contribution in [0.3, 0.4) is 0 Å². The molecule has 0 amide bonds. The number of phosphoric acid groups is 1. The highest BCUT2D eigenvalue weighted by Crippen LogP contribution is 2.43. The highest BCUT2D eigenvalue weighted by Gasteiger charge is 2.28. The number of ether oxygens (including phenoxy) is 3. The Morgan fingerprint density at radius 2 is 0.824 bits per heavy atom. The summed E-state index contributed by atoms with van der Waals surface area (Å²) in [5.74, 6) is -1.59. The van der Waals surface area contributed by atoms with E-state index in [0.717, 1.165) is 116 Å². The van der Waals surface area contributed by atoms with E-state index < -0.39 is 57.8 Å². The van der Waals surface area contributed by atoms with Gasteiger partial charge in [0.15, 0.2) is 6.10 Å². The van der Waals surface area contributed by atoms with Crippen molar-refractivity contribution in [3.8, 4) is 0 Å². The number of carbonyl (C=O) groups excluding carboxylic acids is 3. The number of rotatable bonds is 48. The second kappa shape index (κ2) is 50.1. The van der Waals surface area contributed by atoms with E-state index in [1.165, 1.54) is 38.5 Å². The van der Waals surface area contributed by atoms with Crippen molar-refractivity contribution >= 4 is 25.7 Å². The largest absolute Gasteiger partial charge is 0.472 e. The van der Waals surface area contributed by atoms with Crippen LogP contribution in [0.4, 0.5) is 0 Å². The Labute approximate surface area is 413 Å². The number of hydrogen-bond donors (Lipinski definition) is 2. The fraction of sp³-hybridized carbons (Fsp3) is 0.696. The third kappa shape index (κ3) is 47.7. The minimum absolute atomic E-state index is 0.100. The van der Waals surface area contributed by atoms with Crippen LogP contribution in [0.1, 0.15) is 213 Å². The maximum Gasteiger partial charge on any atom is 0.472 e. The minimum atomic E-state index is -4.76. The van der Waals surface area contributed by atoms with Crippen LogP contribution in [0.2, 0.25) is 0 Å². The average Bonchev–Trinajstić information content (AvgIpc) is 3.32. The van der Waals surface area contributed by atoms with Crippen LogP contribution in [-0.2, 0) is 42.2 Å². The normalized spacial score (nSPS) is 14.1. The lowest BCUT2D eigenvalue weighted by Crippen LogP contribution is -2.30. The second-order valence-electron chi connectivity index (χ2n) is 17.3. The van der Waals surface area contributed by atoms with Crippen molar-refractivity contribution in [1.82, 2.24) is 0 Å². The van der Waals surface area contributed by atoms with Crippen molar-refractivity contribution in [2.75, 3.05) is 26.4 Å². The number of phosphoric ester groups is 1. The molecule has 0 aromatic carbocycles. The maximum absolute atomic E-state index is 12.8. The van der Waals surface area contributed by atoms with Gasteiger partial charge in [0.25, 0.3) is 0 Å². The van der Waals surface area contributed by atoms with Gasteiger partial charge in [0.05, 0.1) is 19.8 Å². The number of unbranched alkanes of at least 4 members (excludes halogenated alkanes) is 17. The summed E-state index contributed by atoms with van der Waals surface area (Å²) >= 11 is 0. The minimum Gasteiger partial charge on any atom is -0.462 e. The average molecular weight is 975 g/mol. The fourth-order valence-corrected chi connectivity index (χ4v) is 7.54.